The number of nitrogens with zero attached hydrogens (tertiary/aromatic N) is 1. The van der Waals surface area contributed by atoms with E-state index in [1.807, 2.05) is 23.1 Å². The van der Waals surface area contributed by atoms with E-state index in [1.54, 1.807) is 6.07 Å². The van der Waals surface area contributed by atoms with E-state index in [0.29, 0.717) is 38.2 Å². The van der Waals surface area contributed by atoms with E-state index >= 15 is 0 Å². The average molecular weight is 384 g/mol. The molecule has 2 aliphatic heterocycles. The fraction of sp³-hybridized carbons (Fsp3) is 0.478. The number of fused-ring (bicyclic) bond motifs is 1. The van der Waals surface area contributed by atoms with Gasteiger partial charge in [0.1, 0.15) is 17.2 Å². The number of hydrogen-bond donors (Lipinski definition) is 2. The third kappa shape index (κ3) is 4.31. The minimum Gasteiger partial charge on any atom is -0.487 e. The Kier molecular flexibility index (Phi) is 5.30. The summed E-state index contributed by atoms with van der Waals surface area (Å²) < 4.78 is 20.5. The van der Waals surface area contributed by atoms with Crippen LogP contribution in [0.5, 0.6) is 5.75 Å². The molecule has 150 valence electrons. The normalized spacial score (nSPS) is 18.8. The van der Waals surface area contributed by atoms with Crippen molar-refractivity contribution in [2.45, 2.75) is 57.9 Å². The minimum absolute atomic E-state index is 0.125. The van der Waals surface area contributed by atoms with E-state index in [9.17, 15) is 9.50 Å². The third-order valence-corrected chi connectivity index (χ3v) is 5.60. The van der Waals surface area contributed by atoms with Crippen LogP contribution in [0.4, 0.5) is 10.1 Å². The number of rotatable bonds is 5. The Labute approximate surface area is 166 Å². The van der Waals surface area contributed by atoms with Crippen molar-refractivity contribution < 1.29 is 14.2 Å². The molecule has 2 aromatic rings. The molecule has 2 aliphatic rings. The summed E-state index contributed by atoms with van der Waals surface area (Å²) in [6.45, 7) is 6.98. The van der Waals surface area contributed by atoms with Crippen molar-refractivity contribution in [1.82, 2.24) is 5.32 Å². The van der Waals surface area contributed by atoms with Gasteiger partial charge in [-0.25, -0.2) is 4.39 Å². The van der Waals surface area contributed by atoms with Crippen LogP contribution in [0, 0.1) is 5.82 Å². The summed E-state index contributed by atoms with van der Waals surface area (Å²) in [4.78, 5) is 2.02. The second-order valence-corrected chi connectivity index (χ2v) is 8.59. The Morgan fingerprint density at radius 3 is 2.50 bits per heavy atom. The lowest BCUT2D eigenvalue weighted by atomic mass is 10.0. The Balaban J connectivity index is 1.33. The molecule has 0 bridgehead atoms. The van der Waals surface area contributed by atoms with Crippen molar-refractivity contribution in [3.05, 3.63) is 58.9 Å². The molecule has 0 saturated carbocycles. The maximum absolute atomic E-state index is 14.6. The summed E-state index contributed by atoms with van der Waals surface area (Å²) >= 11 is 0. The van der Waals surface area contributed by atoms with Crippen LogP contribution in [-0.4, -0.2) is 29.9 Å². The molecule has 4 nitrogen and oxygen atoms in total. The zero-order valence-electron chi connectivity index (χ0n) is 16.7. The summed E-state index contributed by atoms with van der Waals surface area (Å²) in [6.07, 6.45) is 2.08. The third-order valence-electron chi connectivity index (χ3n) is 5.60. The summed E-state index contributed by atoms with van der Waals surface area (Å²) in [5.41, 5.74) is 3.91. The number of benzene rings is 2. The van der Waals surface area contributed by atoms with Gasteiger partial charge in [0.15, 0.2) is 0 Å². The van der Waals surface area contributed by atoms with Gasteiger partial charge in [-0.3, -0.25) is 0 Å². The van der Waals surface area contributed by atoms with Crippen molar-refractivity contribution >= 4 is 5.69 Å². The van der Waals surface area contributed by atoms with Crippen LogP contribution in [0.15, 0.2) is 36.4 Å². The number of aliphatic hydroxyl groups is 1. The summed E-state index contributed by atoms with van der Waals surface area (Å²) in [7, 11) is 0. The predicted molar refractivity (Wildman–Crippen MR) is 109 cm³/mol. The van der Waals surface area contributed by atoms with Crippen LogP contribution < -0.4 is 15.0 Å². The predicted octanol–water partition coefficient (Wildman–Crippen LogP) is 3.79. The fourth-order valence-corrected chi connectivity index (χ4v) is 4.15. The molecule has 1 fully saturated rings. The first-order valence-electron chi connectivity index (χ1n) is 10.1. The molecule has 0 radical (unpaired) electrons. The molecule has 1 saturated heterocycles. The molecule has 0 aliphatic carbocycles. The molecule has 2 N–H and O–H groups in total. The van der Waals surface area contributed by atoms with Crippen LogP contribution in [0.2, 0.25) is 0 Å². The number of piperidine rings is 1. The van der Waals surface area contributed by atoms with Crippen LogP contribution in [0.3, 0.4) is 0 Å². The van der Waals surface area contributed by atoms with Gasteiger partial charge in [0.25, 0.3) is 0 Å². The molecular weight excluding hydrogens is 355 g/mol. The van der Waals surface area contributed by atoms with E-state index in [-0.39, 0.29) is 17.5 Å². The first-order chi connectivity index (χ1) is 13.4. The van der Waals surface area contributed by atoms with Crippen molar-refractivity contribution in [2.75, 3.05) is 18.0 Å². The van der Waals surface area contributed by atoms with Crippen molar-refractivity contribution in [3.63, 3.8) is 0 Å². The van der Waals surface area contributed by atoms with E-state index in [2.05, 4.69) is 31.3 Å². The van der Waals surface area contributed by atoms with Gasteiger partial charge in [-0.2, -0.15) is 0 Å². The summed E-state index contributed by atoms with van der Waals surface area (Å²) in [6, 6.07) is 11.8. The number of anilines is 1. The van der Waals surface area contributed by atoms with Gasteiger partial charge >= 0.3 is 0 Å². The van der Waals surface area contributed by atoms with E-state index in [0.717, 1.165) is 24.3 Å². The Hall–Kier alpha value is -2.11. The Morgan fingerprint density at radius 2 is 1.79 bits per heavy atom. The van der Waals surface area contributed by atoms with Gasteiger partial charge in [0.2, 0.25) is 0 Å². The van der Waals surface area contributed by atoms with Gasteiger partial charge < -0.3 is 20.1 Å². The smallest absolute Gasteiger partial charge is 0.146 e. The first-order valence-corrected chi connectivity index (χ1v) is 10.1. The minimum atomic E-state index is -0.250. The molecule has 2 heterocycles. The molecule has 4 rings (SSSR count). The lowest BCUT2D eigenvalue weighted by Crippen LogP contribution is -2.36. The zero-order chi connectivity index (χ0) is 19.7. The molecule has 0 unspecified atom stereocenters. The molecule has 5 heteroatoms. The summed E-state index contributed by atoms with van der Waals surface area (Å²) in [5.74, 6) is 0.796. The molecule has 28 heavy (non-hydrogen) atoms. The number of hydrogen-bond acceptors (Lipinski definition) is 4. The Morgan fingerprint density at radius 1 is 1.11 bits per heavy atom. The van der Waals surface area contributed by atoms with Crippen LogP contribution in [0.25, 0.3) is 0 Å². The van der Waals surface area contributed by atoms with E-state index in [4.69, 9.17) is 4.74 Å². The van der Waals surface area contributed by atoms with Gasteiger partial charge in [0.05, 0.1) is 11.8 Å². The number of ether oxygens (including phenoxy) is 1. The molecule has 0 spiro atoms. The average Bonchev–Trinajstić information content (AvgIpc) is 2.96. The highest BCUT2D eigenvalue weighted by Gasteiger charge is 2.29. The molecule has 0 amide bonds. The largest absolute Gasteiger partial charge is 0.487 e. The topological polar surface area (TPSA) is 44.7 Å². The van der Waals surface area contributed by atoms with E-state index < -0.39 is 0 Å². The number of halogens is 1. The van der Waals surface area contributed by atoms with Crippen molar-refractivity contribution in [3.8, 4) is 5.75 Å². The van der Waals surface area contributed by atoms with E-state index in [1.165, 1.54) is 11.1 Å². The molecular formula is C23H29FN2O2. The number of nitrogens with one attached hydrogen (secondary N) is 1. The van der Waals surface area contributed by atoms with Crippen LogP contribution in [0.1, 0.15) is 43.4 Å². The van der Waals surface area contributed by atoms with Gasteiger partial charge in [0, 0.05) is 32.6 Å². The van der Waals surface area contributed by atoms with Crippen molar-refractivity contribution in [2.24, 2.45) is 0 Å². The monoisotopic (exact) mass is 384 g/mol. The second-order valence-electron chi connectivity index (χ2n) is 8.59. The van der Waals surface area contributed by atoms with Gasteiger partial charge in [-0.1, -0.05) is 18.2 Å². The highest BCUT2D eigenvalue weighted by atomic mass is 19.1. The molecule has 2 aromatic carbocycles. The zero-order valence-corrected chi connectivity index (χ0v) is 16.7. The van der Waals surface area contributed by atoms with Crippen LogP contribution >= 0.6 is 0 Å². The number of aliphatic hydroxyl groups excluding tert-OH is 1. The SMILES string of the molecule is CC1(C)Cc2cc(CNCc3ccc(N4CCC(O)CC4)c(F)c3)ccc2O1. The second kappa shape index (κ2) is 7.72. The quantitative estimate of drug-likeness (QED) is 0.823. The lowest BCUT2D eigenvalue weighted by molar-refractivity contribution is 0.138. The van der Waals surface area contributed by atoms with Crippen LogP contribution in [-0.2, 0) is 19.5 Å². The maximum Gasteiger partial charge on any atom is 0.146 e. The first kappa shape index (κ1) is 19.2. The van der Waals surface area contributed by atoms with Gasteiger partial charge in [-0.05, 0) is 61.6 Å². The highest BCUT2D eigenvalue weighted by Crippen LogP contribution is 2.35. The Bertz CT molecular complexity index is 844. The molecule has 0 atom stereocenters. The van der Waals surface area contributed by atoms with Crippen molar-refractivity contribution in [1.29, 1.82) is 0 Å². The standard InChI is InChI=1S/C23H29FN2O2/c1-23(2)13-18-11-16(4-6-22(18)28-23)14-25-15-17-3-5-21(20(24)12-17)26-9-7-19(27)8-10-26/h3-6,11-12,19,25,27H,7-10,13-15H2,1-2H3. The summed E-state index contributed by atoms with van der Waals surface area (Å²) in [5, 5.41) is 13.0. The van der Waals surface area contributed by atoms with Gasteiger partial charge in [-0.15, -0.1) is 0 Å². The molecule has 0 aromatic heterocycles. The highest BCUT2D eigenvalue weighted by molar-refractivity contribution is 5.49. The maximum atomic E-state index is 14.6. The fourth-order valence-electron chi connectivity index (χ4n) is 4.15. The lowest BCUT2D eigenvalue weighted by Gasteiger charge is -2.31.